The summed E-state index contributed by atoms with van der Waals surface area (Å²) in [5.41, 5.74) is 9.96. The third kappa shape index (κ3) is 5.24. The average molecular weight is 434 g/mol. The van der Waals surface area contributed by atoms with Gasteiger partial charge in [0.05, 0.1) is 0 Å². The van der Waals surface area contributed by atoms with E-state index in [0.717, 1.165) is 0 Å². The van der Waals surface area contributed by atoms with Gasteiger partial charge in [-0.3, -0.25) is 0 Å². The van der Waals surface area contributed by atoms with Crippen LogP contribution in [-0.2, 0) is 21.7 Å². The summed E-state index contributed by atoms with van der Waals surface area (Å²) in [4.78, 5) is 0. The zero-order valence-electron chi connectivity index (χ0n) is 16.5. The van der Waals surface area contributed by atoms with Crippen molar-refractivity contribution in [3.8, 4) is 0 Å². The molecule has 4 heteroatoms. The van der Waals surface area contributed by atoms with Crippen molar-refractivity contribution in [1.29, 1.82) is 0 Å². The number of hydrogen-bond acceptors (Lipinski definition) is 0. The summed E-state index contributed by atoms with van der Waals surface area (Å²) in [5.74, 6) is 0. The predicted octanol–water partition coefficient (Wildman–Crippen LogP) is -0.139. The third-order valence-corrected chi connectivity index (χ3v) is 5.43. The van der Waals surface area contributed by atoms with Gasteiger partial charge in [-0.1, -0.05) is 52.8 Å². The molecule has 1 aromatic heterocycles. The number of halogens is 2. The molecule has 0 saturated carbocycles. The summed E-state index contributed by atoms with van der Waals surface area (Å²) in [6, 6.07) is 12.8. The van der Waals surface area contributed by atoms with Gasteiger partial charge in [-0.05, 0) is 18.2 Å². The maximum atomic E-state index is 3.36. The minimum Gasteiger partial charge on any atom is -1.00 e. The first-order chi connectivity index (χ1) is 11.5. The van der Waals surface area contributed by atoms with Gasteiger partial charge in [0, 0.05) is 12.4 Å². The summed E-state index contributed by atoms with van der Waals surface area (Å²) < 4.78 is 2.17. The Bertz CT molecular complexity index is 796. The molecule has 140 valence electrons. The van der Waals surface area contributed by atoms with Crippen molar-refractivity contribution in [3.05, 3.63) is 93.8 Å². The van der Waals surface area contributed by atoms with Crippen LogP contribution < -0.4 is 24.8 Å². The molecular formula is C23H25Cl2NTi. The topological polar surface area (TPSA) is 4.93 Å². The Balaban J connectivity index is 0.000000473. The molecule has 0 N–H and O–H groups in total. The number of allylic oxidation sites excluding steroid dienone is 1. The van der Waals surface area contributed by atoms with E-state index < -0.39 is 0 Å². The van der Waals surface area contributed by atoms with E-state index in [9.17, 15) is 0 Å². The smallest absolute Gasteiger partial charge is 1.00 e. The predicted molar refractivity (Wildman–Crippen MR) is 102 cm³/mol. The van der Waals surface area contributed by atoms with Crippen molar-refractivity contribution >= 4 is 6.08 Å². The van der Waals surface area contributed by atoms with Gasteiger partial charge in [0.2, 0.25) is 0 Å². The fourth-order valence-electron chi connectivity index (χ4n) is 3.32. The number of nitrogens with zero attached hydrogens (tertiary/aromatic N) is 1. The maximum Gasteiger partial charge on any atom is 4.00 e. The quantitative estimate of drug-likeness (QED) is 0.372. The standard InChI is InChI=1S/C13H10N.C10H15.2ClH.Ti/c1-2-6-12-11(5-1)7-8-13(12)14-9-3-4-10-14;1-6-7(2)9(4)10(5)8(6)3;;;/h1-7,9-10,13H;1-5H3;2*1H;/q2*-1;;;+4/p-2. The Morgan fingerprint density at radius 1 is 0.852 bits per heavy atom. The van der Waals surface area contributed by atoms with Crippen molar-refractivity contribution in [2.75, 3.05) is 0 Å². The first kappa shape index (κ1) is 25.9. The molecule has 0 spiro atoms. The normalized spacial score (nSPS) is 13.4. The summed E-state index contributed by atoms with van der Waals surface area (Å²) in [7, 11) is 0. The summed E-state index contributed by atoms with van der Waals surface area (Å²) in [6.45, 7) is 11.0. The van der Waals surface area contributed by atoms with Crippen molar-refractivity contribution in [1.82, 2.24) is 4.57 Å². The van der Waals surface area contributed by atoms with Crippen LogP contribution in [0.4, 0.5) is 0 Å². The molecule has 1 aliphatic rings. The first-order valence-corrected chi connectivity index (χ1v) is 8.51. The number of hydrogen-bond donors (Lipinski definition) is 0. The molecule has 3 aromatic rings. The minimum atomic E-state index is 0. The largest absolute Gasteiger partial charge is 4.00 e. The van der Waals surface area contributed by atoms with E-state index in [1.54, 1.807) is 0 Å². The molecule has 1 unspecified atom stereocenters. The zero-order chi connectivity index (χ0) is 17.3. The van der Waals surface area contributed by atoms with Crippen LogP contribution in [-0.4, -0.2) is 4.57 Å². The van der Waals surface area contributed by atoms with Crippen LogP contribution in [0.5, 0.6) is 0 Å². The van der Waals surface area contributed by atoms with E-state index in [0.29, 0.717) is 0 Å². The van der Waals surface area contributed by atoms with E-state index in [2.05, 4.69) is 88.0 Å². The van der Waals surface area contributed by atoms with E-state index in [4.69, 9.17) is 0 Å². The molecule has 0 radical (unpaired) electrons. The van der Waals surface area contributed by atoms with Crippen LogP contribution in [0.15, 0.2) is 48.8 Å². The molecule has 2 aromatic carbocycles. The van der Waals surface area contributed by atoms with Crippen molar-refractivity contribution < 1.29 is 46.5 Å². The molecule has 0 aliphatic heterocycles. The summed E-state index contributed by atoms with van der Waals surface area (Å²) in [5, 5.41) is 0. The zero-order valence-corrected chi connectivity index (χ0v) is 19.6. The van der Waals surface area contributed by atoms with Gasteiger partial charge < -0.3 is 29.4 Å². The van der Waals surface area contributed by atoms with Crippen molar-refractivity contribution in [2.24, 2.45) is 0 Å². The Hall–Kier alpha value is -1.12. The molecule has 0 fully saturated rings. The van der Waals surface area contributed by atoms with Gasteiger partial charge in [0.25, 0.3) is 0 Å². The SMILES string of the molecule is Cc1c(C)c(C)[c-](C)c1C.[C-]1=Cc2ccccc2C1n1cccc1.[Cl-].[Cl-].[Ti+4]. The molecule has 1 aliphatic carbocycles. The molecule has 0 saturated heterocycles. The monoisotopic (exact) mass is 433 g/mol. The molecule has 1 nitrogen and oxygen atoms in total. The molecule has 1 heterocycles. The van der Waals surface area contributed by atoms with Crippen LogP contribution in [0, 0.1) is 40.7 Å². The van der Waals surface area contributed by atoms with E-state index in [1.165, 1.54) is 38.9 Å². The van der Waals surface area contributed by atoms with E-state index in [-0.39, 0.29) is 52.6 Å². The fourth-order valence-corrected chi connectivity index (χ4v) is 3.32. The van der Waals surface area contributed by atoms with E-state index in [1.807, 2.05) is 12.1 Å². The Morgan fingerprint density at radius 3 is 1.85 bits per heavy atom. The molecule has 0 bridgehead atoms. The van der Waals surface area contributed by atoms with Crippen LogP contribution in [0.2, 0.25) is 0 Å². The van der Waals surface area contributed by atoms with Gasteiger partial charge >= 0.3 is 21.7 Å². The van der Waals surface area contributed by atoms with Gasteiger partial charge in [-0.15, -0.1) is 11.6 Å². The minimum absolute atomic E-state index is 0. The van der Waals surface area contributed by atoms with Crippen LogP contribution in [0.25, 0.3) is 6.08 Å². The van der Waals surface area contributed by atoms with Crippen LogP contribution >= 0.6 is 0 Å². The fraction of sp³-hybridized carbons (Fsp3) is 0.261. The Morgan fingerprint density at radius 2 is 1.37 bits per heavy atom. The molecular weight excluding hydrogens is 409 g/mol. The second kappa shape index (κ2) is 11.0. The third-order valence-electron chi connectivity index (χ3n) is 5.43. The molecule has 1 atom stereocenters. The molecule has 4 rings (SSSR count). The summed E-state index contributed by atoms with van der Waals surface area (Å²) >= 11 is 0. The maximum absolute atomic E-state index is 3.36. The number of aromatic nitrogens is 1. The second-order valence-corrected chi connectivity index (χ2v) is 6.60. The number of benzene rings is 1. The summed E-state index contributed by atoms with van der Waals surface area (Å²) in [6.07, 6.45) is 9.59. The number of fused-ring (bicyclic) bond motifs is 1. The van der Waals surface area contributed by atoms with Gasteiger partial charge in [0.1, 0.15) is 0 Å². The van der Waals surface area contributed by atoms with Crippen molar-refractivity contribution in [2.45, 2.75) is 40.7 Å². The van der Waals surface area contributed by atoms with Crippen LogP contribution in [0.1, 0.15) is 45.0 Å². The number of rotatable bonds is 1. The van der Waals surface area contributed by atoms with Crippen LogP contribution in [0.3, 0.4) is 0 Å². The van der Waals surface area contributed by atoms with Gasteiger partial charge in [-0.2, -0.15) is 33.4 Å². The first-order valence-electron chi connectivity index (χ1n) is 8.51. The molecule has 27 heavy (non-hydrogen) atoms. The van der Waals surface area contributed by atoms with Crippen molar-refractivity contribution in [3.63, 3.8) is 0 Å². The van der Waals surface area contributed by atoms with Gasteiger partial charge in [0.15, 0.2) is 0 Å². The van der Waals surface area contributed by atoms with Gasteiger partial charge in [-0.25, -0.2) is 12.2 Å². The average Bonchev–Trinajstić information content (AvgIpc) is 3.30. The Kier molecular flexibility index (Phi) is 10.6. The van der Waals surface area contributed by atoms with E-state index >= 15 is 0 Å². The second-order valence-electron chi connectivity index (χ2n) is 6.60. The Labute approximate surface area is 190 Å². The molecule has 0 amide bonds.